The molecule has 3 aromatic rings. The van der Waals surface area contributed by atoms with Crippen LogP contribution in [0.4, 0.5) is 4.79 Å². The van der Waals surface area contributed by atoms with Gasteiger partial charge in [-0.1, -0.05) is 91.0 Å². The Morgan fingerprint density at radius 1 is 0.618 bits per heavy atom. The first-order valence-electron chi connectivity index (χ1n) is 11.0. The van der Waals surface area contributed by atoms with Gasteiger partial charge < -0.3 is 19.5 Å². The number of carbonyl (C=O) groups excluding carboxylic acids is 3. The average Bonchev–Trinajstić information content (AvgIpc) is 2.89. The van der Waals surface area contributed by atoms with Crippen LogP contribution >= 0.6 is 0 Å². The summed E-state index contributed by atoms with van der Waals surface area (Å²) in [6.45, 7) is 0.238. The lowest BCUT2D eigenvalue weighted by Crippen LogP contribution is -2.42. The predicted octanol–water partition coefficient (Wildman–Crippen LogP) is 4.55. The standard InChI is InChI=1S/C27H27NO6/c29-25(32-18-21-10-4-1-5-11-21)17-16-24(26(30)33-19-22-12-6-2-7-13-22)28-27(31)34-20-23-14-8-3-9-15-23/h1-15,24H,16-20H2,(H,28,31)/t24-/m0/s1. The van der Waals surface area contributed by atoms with E-state index in [-0.39, 0.29) is 32.7 Å². The summed E-state index contributed by atoms with van der Waals surface area (Å²) in [4.78, 5) is 37.2. The van der Waals surface area contributed by atoms with Crippen molar-refractivity contribution in [2.45, 2.75) is 38.7 Å². The normalized spacial score (nSPS) is 11.2. The summed E-state index contributed by atoms with van der Waals surface area (Å²) in [5.41, 5.74) is 2.48. The largest absolute Gasteiger partial charge is 0.461 e. The van der Waals surface area contributed by atoms with E-state index in [1.54, 1.807) is 0 Å². The molecule has 1 atom stereocenters. The molecule has 0 aliphatic rings. The van der Waals surface area contributed by atoms with Crippen molar-refractivity contribution >= 4 is 18.0 Å². The second-order valence-corrected chi connectivity index (χ2v) is 7.54. The molecule has 0 fully saturated rings. The smallest absolute Gasteiger partial charge is 0.408 e. The molecular formula is C27H27NO6. The van der Waals surface area contributed by atoms with Crippen LogP contribution in [0.2, 0.25) is 0 Å². The van der Waals surface area contributed by atoms with Crippen molar-refractivity contribution in [3.05, 3.63) is 108 Å². The van der Waals surface area contributed by atoms with Gasteiger partial charge in [-0.15, -0.1) is 0 Å². The zero-order valence-corrected chi connectivity index (χ0v) is 18.7. The molecule has 0 unspecified atom stereocenters. The SMILES string of the molecule is O=C(CC[C@H](NC(=O)OCc1ccccc1)C(=O)OCc1ccccc1)OCc1ccccc1. The number of alkyl carbamates (subject to hydrolysis) is 1. The monoisotopic (exact) mass is 461 g/mol. The molecular weight excluding hydrogens is 434 g/mol. The summed E-state index contributed by atoms with van der Waals surface area (Å²) >= 11 is 0. The Bertz CT molecular complexity index is 1040. The first-order chi connectivity index (χ1) is 16.6. The molecule has 0 bridgehead atoms. The van der Waals surface area contributed by atoms with E-state index in [0.29, 0.717) is 0 Å². The van der Waals surface area contributed by atoms with Gasteiger partial charge in [-0.3, -0.25) is 4.79 Å². The van der Waals surface area contributed by atoms with E-state index in [1.165, 1.54) is 0 Å². The summed E-state index contributed by atoms with van der Waals surface area (Å²) in [5, 5.41) is 2.51. The average molecular weight is 462 g/mol. The number of rotatable bonds is 11. The van der Waals surface area contributed by atoms with Crippen molar-refractivity contribution < 1.29 is 28.6 Å². The van der Waals surface area contributed by atoms with Crippen molar-refractivity contribution in [2.75, 3.05) is 0 Å². The highest BCUT2D eigenvalue weighted by molar-refractivity contribution is 5.82. The molecule has 0 aliphatic heterocycles. The van der Waals surface area contributed by atoms with Crippen LogP contribution in [0, 0.1) is 0 Å². The molecule has 0 aliphatic carbocycles. The van der Waals surface area contributed by atoms with Gasteiger partial charge >= 0.3 is 18.0 Å². The lowest BCUT2D eigenvalue weighted by Gasteiger charge is -2.17. The number of carbonyl (C=O) groups is 3. The molecule has 1 N–H and O–H groups in total. The number of ether oxygens (including phenoxy) is 3. The minimum atomic E-state index is -1.06. The molecule has 1 amide bonds. The zero-order valence-electron chi connectivity index (χ0n) is 18.7. The molecule has 0 saturated carbocycles. The summed E-state index contributed by atoms with van der Waals surface area (Å²) in [5.74, 6) is -1.14. The number of amides is 1. The van der Waals surface area contributed by atoms with E-state index >= 15 is 0 Å². The molecule has 0 saturated heterocycles. The Balaban J connectivity index is 1.52. The minimum absolute atomic E-state index is 0.0156. The molecule has 176 valence electrons. The van der Waals surface area contributed by atoms with Gasteiger partial charge in [0.15, 0.2) is 0 Å². The zero-order chi connectivity index (χ0) is 24.0. The van der Waals surface area contributed by atoms with Crippen LogP contribution in [0.3, 0.4) is 0 Å². The van der Waals surface area contributed by atoms with Gasteiger partial charge in [0.05, 0.1) is 0 Å². The number of nitrogens with one attached hydrogen (secondary N) is 1. The second-order valence-electron chi connectivity index (χ2n) is 7.54. The van der Waals surface area contributed by atoms with Crippen molar-refractivity contribution in [2.24, 2.45) is 0 Å². The summed E-state index contributed by atoms with van der Waals surface area (Å²) in [6.07, 6.45) is -0.832. The fourth-order valence-electron chi connectivity index (χ4n) is 3.06. The lowest BCUT2D eigenvalue weighted by atomic mass is 10.1. The molecule has 3 rings (SSSR count). The third-order valence-electron chi connectivity index (χ3n) is 4.89. The number of hydrogen-bond donors (Lipinski definition) is 1. The Morgan fingerprint density at radius 3 is 1.56 bits per heavy atom. The second kappa shape index (κ2) is 13.4. The first-order valence-corrected chi connectivity index (χ1v) is 11.0. The molecule has 0 heterocycles. The summed E-state index contributed by atoms with van der Waals surface area (Å²) in [6, 6.07) is 26.6. The van der Waals surface area contributed by atoms with Crippen LogP contribution in [0.25, 0.3) is 0 Å². The minimum Gasteiger partial charge on any atom is -0.461 e. The van der Waals surface area contributed by atoms with Crippen LogP contribution in [0.15, 0.2) is 91.0 Å². The Hall–Kier alpha value is -4.13. The van der Waals surface area contributed by atoms with Crippen LogP contribution in [0.1, 0.15) is 29.5 Å². The molecule has 0 spiro atoms. The molecule has 34 heavy (non-hydrogen) atoms. The number of benzene rings is 3. The van der Waals surface area contributed by atoms with E-state index in [9.17, 15) is 14.4 Å². The quantitative estimate of drug-likeness (QED) is 0.333. The fraction of sp³-hybridized carbons (Fsp3) is 0.222. The van der Waals surface area contributed by atoms with Crippen molar-refractivity contribution in [1.82, 2.24) is 5.32 Å². The Labute approximate surface area is 198 Å². The van der Waals surface area contributed by atoms with Gasteiger partial charge in [0.1, 0.15) is 25.9 Å². The maximum Gasteiger partial charge on any atom is 0.408 e. The third-order valence-corrected chi connectivity index (χ3v) is 4.89. The van der Waals surface area contributed by atoms with Crippen molar-refractivity contribution in [3.8, 4) is 0 Å². The van der Waals surface area contributed by atoms with Crippen LogP contribution in [0.5, 0.6) is 0 Å². The first kappa shape index (κ1) is 24.5. The van der Waals surface area contributed by atoms with Gasteiger partial charge in [0.25, 0.3) is 0 Å². The van der Waals surface area contributed by atoms with Gasteiger partial charge in [-0.25, -0.2) is 9.59 Å². The van der Waals surface area contributed by atoms with Gasteiger partial charge in [-0.2, -0.15) is 0 Å². The summed E-state index contributed by atoms with van der Waals surface area (Å²) < 4.78 is 15.8. The maximum atomic E-state index is 12.7. The lowest BCUT2D eigenvalue weighted by molar-refractivity contribution is -0.149. The molecule has 0 radical (unpaired) electrons. The highest BCUT2D eigenvalue weighted by Crippen LogP contribution is 2.09. The van der Waals surface area contributed by atoms with E-state index in [2.05, 4.69) is 5.32 Å². The molecule has 7 heteroatoms. The van der Waals surface area contributed by atoms with Gasteiger partial charge in [-0.05, 0) is 23.1 Å². The molecule has 0 aromatic heterocycles. The van der Waals surface area contributed by atoms with E-state index in [0.717, 1.165) is 16.7 Å². The maximum absolute atomic E-state index is 12.7. The van der Waals surface area contributed by atoms with Gasteiger partial charge in [0.2, 0.25) is 0 Å². The predicted molar refractivity (Wildman–Crippen MR) is 125 cm³/mol. The Morgan fingerprint density at radius 2 is 1.06 bits per heavy atom. The van der Waals surface area contributed by atoms with Crippen LogP contribution in [-0.2, 0) is 43.6 Å². The van der Waals surface area contributed by atoms with Crippen molar-refractivity contribution in [1.29, 1.82) is 0 Å². The van der Waals surface area contributed by atoms with E-state index in [4.69, 9.17) is 14.2 Å². The Kier molecular flexibility index (Phi) is 9.68. The summed E-state index contributed by atoms with van der Waals surface area (Å²) in [7, 11) is 0. The third kappa shape index (κ3) is 8.78. The topological polar surface area (TPSA) is 90.9 Å². The fourth-order valence-corrected chi connectivity index (χ4v) is 3.06. The van der Waals surface area contributed by atoms with E-state index < -0.39 is 24.1 Å². The number of esters is 2. The highest BCUT2D eigenvalue weighted by atomic mass is 16.6. The van der Waals surface area contributed by atoms with Crippen LogP contribution < -0.4 is 5.32 Å². The number of hydrogen-bond acceptors (Lipinski definition) is 6. The highest BCUT2D eigenvalue weighted by Gasteiger charge is 2.24. The molecule has 3 aromatic carbocycles. The molecule has 7 nitrogen and oxygen atoms in total. The van der Waals surface area contributed by atoms with Crippen molar-refractivity contribution in [3.63, 3.8) is 0 Å². The van der Waals surface area contributed by atoms with Crippen LogP contribution in [-0.4, -0.2) is 24.1 Å². The van der Waals surface area contributed by atoms with E-state index in [1.807, 2.05) is 91.0 Å². The van der Waals surface area contributed by atoms with Gasteiger partial charge in [0, 0.05) is 6.42 Å².